The molecule has 0 saturated heterocycles. The Bertz CT molecular complexity index is 3270. The molecule has 26 heteroatoms. The van der Waals surface area contributed by atoms with Crippen LogP contribution in [0.15, 0.2) is 135 Å². The zero-order chi connectivity index (χ0) is 48.7. The third kappa shape index (κ3) is 7.99. The largest absolute Gasteiger partial charge is 0.416 e. The molecule has 0 spiro atoms. The third-order valence-corrected chi connectivity index (χ3v) is 10.4. The molecule has 2 aromatic heterocycles. The molecule has 0 bridgehead atoms. The molecule has 5 heterocycles. The van der Waals surface area contributed by atoms with E-state index in [0.29, 0.717) is 12.1 Å². The lowest BCUT2D eigenvalue weighted by molar-refractivity contribution is -0.138. The summed E-state index contributed by atoms with van der Waals surface area (Å²) in [4.78, 5) is 24.4. The number of alkyl halides is 12. The van der Waals surface area contributed by atoms with Crippen LogP contribution >= 0.6 is 12.2 Å². The number of nitriles is 2. The highest BCUT2D eigenvalue weighted by atomic mass is 32.1. The van der Waals surface area contributed by atoms with Crippen molar-refractivity contribution >= 4 is 58.1 Å². The molecule has 13 nitrogen and oxygen atoms in total. The van der Waals surface area contributed by atoms with Crippen molar-refractivity contribution in [3.8, 4) is 12.1 Å². The number of aromatic nitrogens is 3. The molecule has 3 aliphatic heterocycles. The summed E-state index contributed by atoms with van der Waals surface area (Å²) in [5.41, 5.74) is -1.87. The maximum absolute atomic E-state index is 14.2. The molecule has 6 aromatic rings. The van der Waals surface area contributed by atoms with Crippen LogP contribution in [0.4, 0.5) is 86.9 Å². The summed E-state index contributed by atoms with van der Waals surface area (Å²) in [6.45, 7) is 0. The fraction of sp³-hybridized carbons (Fsp3) is 0.0952. The van der Waals surface area contributed by atoms with E-state index in [2.05, 4.69) is 35.8 Å². The van der Waals surface area contributed by atoms with E-state index in [0.717, 1.165) is 85.9 Å². The predicted molar refractivity (Wildman–Crippen MR) is 219 cm³/mol. The second-order valence-electron chi connectivity index (χ2n) is 14.4. The summed E-state index contributed by atoms with van der Waals surface area (Å²) in [5, 5.41) is 20.0. The summed E-state index contributed by atoms with van der Waals surface area (Å²) in [6.07, 6.45) is -19.4. The molecule has 342 valence electrons. The van der Waals surface area contributed by atoms with Gasteiger partial charge in [-0.25, -0.2) is 34.3 Å². The predicted octanol–water partition coefficient (Wildman–Crippen LogP) is 10.2. The molecular weight excluding hydrogens is 947 g/mol. The van der Waals surface area contributed by atoms with Crippen LogP contribution in [0.5, 0.6) is 0 Å². The number of anilines is 6. The number of benzene rings is 4. The number of fused-ring (bicyclic) bond motifs is 3. The lowest BCUT2D eigenvalue weighted by atomic mass is 10.1. The molecule has 0 atom stereocenters. The van der Waals surface area contributed by atoms with Gasteiger partial charge in [-0.3, -0.25) is 20.7 Å². The first kappa shape index (κ1) is 44.7. The Hall–Kier alpha value is -8.52. The number of amidine groups is 2. The summed E-state index contributed by atoms with van der Waals surface area (Å²) < 4.78 is 169. The van der Waals surface area contributed by atoms with Crippen molar-refractivity contribution in [3.05, 3.63) is 164 Å². The van der Waals surface area contributed by atoms with Crippen molar-refractivity contribution in [1.82, 2.24) is 14.3 Å². The van der Waals surface area contributed by atoms with Gasteiger partial charge in [0.1, 0.15) is 12.1 Å². The molecule has 3 aliphatic rings. The summed E-state index contributed by atoms with van der Waals surface area (Å²) >= 11 is 5.60. The van der Waals surface area contributed by atoms with Gasteiger partial charge >= 0.3 is 24.7 Å². The van der Waals surface area contributed by atoms with Crippen LogP contribution in [0.25, 0.3) is 0 Å². The first-order valence-corrected chi connectivity index (χ1v) is 19.4. The summed E-state index contributed by atoms with van der Waals surface area (Å²) in [6, 6.07) is 19.6. The minimum atomic E-state index is -4.91. The SMILES string of the molecule is N#Cc1cc2c(nc1C#N)N(c1cccc(C(F)(F)F)c1)C1=NC(=C3N=c4c(n(Nc5cccc(C(F)(F)F)c5)c(=S)n4Nc4cccc(C(F)(F)F)c4)=N3)N=C1N2c1cccc(C(F)(F)F)c1. The minimum absolute atomic E-state index is 0.203. The summed E-state index contributed by atoms with van der Waals surface area (Å²) in [7, 11) is 0. The van der Waals surface area contributed by atoms with Crippen molar-refractivity contribution in [2.45, 2.75) is 24.7 Å². The molecule has 9 rings (SSSR count). The van der Waals surface area contributed by atoms with Crippen LogP contribution in [-0.2, 0) is 24.7 Å². The highest BCUT2D eigenvalue weighted by molar-refractivity contribution is 7.71. The average molecular weight is 966 g/mol. The standard InChI is InChI=1S/C42H19F12N13S/c43-39(44,45)21-5-1-9-25(14-21)62-66-36-37(67(38(66)68)63-26-10-2-6-22(15-26)40(46,47)48)61-32(60-36)31-58-34-35(59-31)65(28-12-4-8-24(17-28)42(52,53)54)33-30(13-20(18-55)29(19-56)57-33)64(34)27-11-3-7-23(16-27)41(49,50)51/h1-17,62-63H. The Morgan fingerprint density at radius 3 is 1.35 bits per heavy atom. The molecular formula is C42H19F12N13S. The van der Waals surface area contributed by atoms with Crippen molar-refractivity contribution in [3.63, 3.8) is 0 Å². The van der Waals surface area contributed by atoms with E-state index in [-0.39, 0.29) is 55.6 Å². The summed E-state index contributed by atoms with van der Waals surface area (Å²) in [5.74, 6) is -2.14. The van der Waals surface area contributed by atoms with Crippen LogP contribution in [0.2, 0.25) is 0 Å². The number of nitrogens with zero attached hydrogens (tertiary/aromatic N) is 11. The van der Waals surface area contributed by atoms with E-state index in [1.54, 1.807) is 12.1 Å². The smallest absolute Gasteiger partial charge is 0.290 e. The van der Waals surface area contributed by atoms with Gasteiger partial charge in [0, 0.05) is 11.4 Å². The van der Waals surface area contributed by atoms with E-state index < -0.39 is 76.0 Å². The van der Waals surface area contributed by atoms with Gasteiger partial charge in [0.05, 0.1) is 44.9 Å². The fourth-order valence-corrected chi connectivity index (χ4v) is 7.34. The van der Waals surface area contributed by atoms with Crippen LogP contribution in [0, 0.1) is 27.4 Å². The molecule has 0 saturated carbocycles. The number of imidazole rings is 1. The van der Waals surface area contributed by atoms with Gasteiger partial charge < -0.3 is 0 Å². The van der Waals surface area contributed by atoms with Crippen LogP contribution in [-0.4, -0.2) is 26.0 Å². The molecule has 68 heavy (non-hydrogen) atoms. The van der Waals surface area contributed by atoms with Gasteiger partial charge in [0.25, 0.3) is 0 Å². The Balaban J connectivity index is 1.30. The highest BCUT2D eigenvalue weighted by Gasteiger charge is 2.43. The molecule has 2 N–H and O–H groups in total. The third-order valence-electron chi connectivity index (χ3n) is 10.1. The number of aliphatic imine (C=N–C) groups is 2. The lowest BCUT2D eigenvalue weighted by Gasteiger charge is -2.38. The van der Waals surface area contributed by atoms with Crippen molar-refractivity contribution in [2.24, 2.45) is 20.0 Å². The molecule has 0 fully saturated rings. The van der Waals surface area contributed by atoms with Crippen molar-refractivity contribution < 1.29 is 52.7 Å². The fourth-order valence-electron chi connectivity index (χ4n) is 7.08. The Morgan fingerprint density at radius 1 is 0.500 bits per heavy atom. The Labute approximate surface area is 376 Å². The maximum Gasteiger partial charge on any atom is 0.416 e. The van der Waals surface area contributed by atoms with Gasteiger partial charge in [-0.05, 0) is 91.1 Å². The van der Waals surface area contributed by atoms with Crippen molar-refractivity contribution in [2.75, 3.05) is 20.7 Å². The molecule has 0 unspecified atom stereocenters. The Kier molecular flexibility index (Phi) is 10.4. The Morgan fingerprint density at radius 2 is 0.912 bits per heavy atom. The molecule has 0 radical (unpaired) electrons. The molecule has 4 aromatic carbocycles. The zero-order valence-electron chi connectivity index (χ0n) is 33.2. The normalized spacial score (nSPS) is 14.5. The monoisotopic (exact) mass is 965 g/mol. The average Bonchev–Trinajstić information content (AvgIpc) is 3.98. The number of hydrogen-bond donors (Lipinski definition) is 2. The quantitative estimate of drug-likeness (QED) is 0.124. The lowest BCUT2D eigenvalue weighted by Crippen LogP contribution is -2.46. The number of nitrogens with one attached hydrogen (secondary N) is 2. The molecule has 0 amide bonds. The van der Waals surface area contributed by atoms with Crippen molar-refractivity contribution in [1.29, 1.82) is 10.5 Å². The van der Waals surface area contributed by atoms with Gasteiger partial charge in [0.15, 0.2) is 23.2 Å². The van der Waals surface area contributed by atoms with Gasteiger partial charge in [0.2, 0.25) is 27.4 Å². The van der Waals surface area contributed by atoms with E-state index in [9.17, 15) is 63.2 Å². The number of halogens is 12. The van der Waals surface area contributed by atoms with Gasteiger partial charge in [-0.1, -0.05) is 24.3 Å². The van der Waals surface area contributed by atoms with Gasteiger partial charge in [-0.2, -0.15) is 63.2 Å². The second kappa shape index (κ2) is 15.8. The number of rotatable bonds is 6. The number of pyridine rings is 1. The first-order chi connectivity index (χ1) is 32.0. The number of hydrogen-bond acceptors (Lipinski definition) is 12. The zero-order valence-corrected chi connectivity index (χ0v) is 34.0. The highest BCUT2D eigenvalue weighted by Crippen LogP contribution is 2.46. The van der Waals surface area contributed by atoms with E-state index >= 15 is 0 Å². The van der Waals surface area contributed by atoms with E-state index in [1.165, 1.54) is 24.3 Å². The molecule has 0 aliphatic carbocycles. The van der Waals surface area contributed by atoms with E-state index in [1.807, 2.05) is 0 Å². The van der Waals surface area contributed by atoms with Gasteiger partial charge in [-0.15, -0.1) is 0 Å². The first-order valence-electron chi connectivity index (χ1n) is 19.0. The van der Waals surface area contributed by atoms with E-state index in [4.69, 9.17) is 12.2 Å². The maximum atomic E-state index is 14.2. The van der Waals surface area contributed by atoms with Crippen LogP contribution in [0.1, 0.15) is 33.5 Å². The minimum Gasteiger partial charge on any atom is -0.290 e. The second-order valence-corrected chi connectivity index (χ2v) is 14.8. The topological polar surface area (TPSA) is 150 Å². The van der Waals surface area contributed by atoms with Crippen LogP contribution in [0.3, 0.4) is 0 Å². The van der Waals surface area contributed by atoms with Crippen LogP contribution < -0.4 is 31.6 Å².